The van der Waals surface area contributed by atoms with Crippen molar-refractivity contribution >= 4 is 11.7 Å². The Labute approximate surface area is 122 Å². The van der Waals surface area contributed by atoms with Crippen LogP contribution in [-0.4, -0.2) is 22.4 Å². The molecule has 0 aliphatic carbocycles. The van der Waals surface area contributed by atoms with Crippen LogP contribution in [0, 0.1) is 6.92 Å². The first-order valence-electron chi connectivity index (χ1n) is 6.79. The molecule has 2 amide bonds. The van der Waals surface area contributed by atoms with Crippen LogP contribution < -0.4 is 16.2 Å². The van der Waals surface area contributed by atoms with Gasteiger partial charge in [0.05, 0.1) is 0 Å². The van der Waals surface area contributed by atoms with Gasteiger partial charge in [-0.2, -0.15) is 5.10 Å². The lowest BCUT2D eigenvalue weighted by molar-refractivity contribution is 0.251. The topological polar surface area (TPSA) is 76.0 Å². The zero-order valence-electron chi connectivity index (χ0n) is 11.9. The van der Waals surface area contributed by atoms with Crippen molar-refractivity contribution in [1.82, 2.24) is 15.1 Å². The summed E-state index contributed by atoms with van der Waals surface area (Å²) < 4.78 is 1.38. The Morgan fingerprint density at radius 3 is 2.81 bits per heavy atom. The predicted molar refractivity (Wildman–Crippen MR) is 81.3 cm³/mol. The van der Waals surface area contributed by atoms with E-state index in [0.717, 1.165) is 11.3 Å². The van der Waals surface area contributed by atoms with Crippen LogP contribution in [0.1, 0.15) is 12.0 Å². The van der Waals surface area contributed by atoms with E-state index < -0.39 is 0 Å². The summed E-state index contributed by atoms with van der Waals surface area (Å²) in [6, 6.07) is 10.4. The minimum absolute atomic E-state index is 0.137. The summed E-state index contributed by atoms with van der Waals surface area (Å²) in [5.41, 5.74) is 1.66. The second kappa shape index (κ2) is 7.23. The third-order valence-electron chi connectivity index (χ3n) is 3.01. The van der Waals surface area contributed by atoms with Crippen molar-refractivity contribution in [2.45, 2.75) is 19.9 Å². The highest BCUT2D eigenvalue weighted by atomic mass is 16.2. The van der Waals surface area contributed by atoms with E-state index >= 15 is 0 Å². The van der Waals surface area contributed by atoms with Crippen molar-refractivity contribution in [2.24, 2.45) is 0 Å². The number of benzene rings is 1. The van der Waals surface area contributed by atoms with Gasteiger partial charge in [0.15, 0.2) is 0 Å². The van der Waals surface area contributed by atoms with Gasteiger partial charge in [-0.25, -0.2) is 9.48 Å². The number of aromatic nitrogens is 2. The number of amides is 2. The molecule has 1 aromatic carbocycles. The average molecular weight is 286 g/mol. The minimum atomic E-state index is -0.252. The van der Waals surface area contributed by atoms with E-state index in [4.69, 9.17) is 0 Å². The number of rotatable bonds is 5. The molecule has 0 saturated heterocycles. The molecule has 1 aromatic heterocycles. The number of hydrogen-bond acceptors (Lipinski definition) is 3. The van der Waals surface area contributed by atoms with Crippen LogP contribution in [-0.2, 0) is 6.54 Å². The molecule has 0 spiro atoms. The van der Waals surface area contributed by atoms with Crippen molar-refractivity contribution in [3.05, 3.63) is 58.5 Å². The molecule has 0 bridgehead atoms. The number of anilines is 1. The first-order chi connectivity index (χ1) is 10.2. The fourth-order valence-electron chi connectivity index (χ4n) is 1.87. The Morgan fingerprint density at radius 2 is 2.05 bits per heavy atom. The Hall–Kier alpha value is -2.63. The van der Waals surface area contributed by atoms with Crippen molar-refractivity contribution in [3.8, 4) is 0 Å². The van der Waals surface area contributed by atoms with Crippen LogP contribution in [0.4, 0.5) is 10.5 Å². The molecular weight excluding hydrogens is 268 g/mol. The van der Waals surface area contributed by atoms with Crippen LogP contribution in [0.15, 0.2) is 47.4 Å². The molecule has 0 aliphatic rings. The summed E-state index contributed by atoms with van der Waals surface area (Å²) in [6.45, 7) is 2.88. The highest BCUT2D eigenvalue weighted by Crippen LogP contribution is 2.12. The number of nitrogens with one attached hydrogen (secondary N) is 2. The van der Waals surface area contributed by atoms with Crippen molar-refractivity contribution in [1.29, 1.82) is 0 Å². The standard InChI is InChI=1S/C15H18N4O2/c1-12-6-2-3-7-13(12)18-15(21)16-9-5-11-19-14(20)8-4-10-17-19/h2-4,6-8,10H,5,9,11H2,1H3,(H2,16,18,21). The molecule has 1 heterocycles. The molecule has 21 heavy (non-hydrogen) atoms. The summed E-state index contributed by atoms with van der Waals surface area (Å²) >= 11 is 0. The van der Waals surface area contributed by atoms with E-state index in [-0.39, 0.29) is 11.6 Å². The SMILES string of the molecule is Cc1ccccc1NC(=O)NCCCn1ncccc1=O. The predicted octanol–water partition coefficient (Wildman–Crippen LogP) is 1.76. The molecule has 0 radical (unpaired) electrons. The van der Waals surface area contributed by atoms with Crippen LogP contribution >= 0.6 is 0 Å². The smallest absolute Gasteiger partial charge is 0.319 e. The van der Waals surface area contributed by atoms with Crippen LogP contribution in [0.25, 0.3) is 0 Å². The fourth-order valence-corrected chi connectivity index (χ4v) is 1.87. The number of para-hydroxylation sites is 1. The Bertz CT molecular complexity index is 666. The van der Waals surface area contributed by atoms with E-state index in [1.54, 1.807) is 12.3 Å². The summed E-state index contributed by atoms with van der Waals surface area (Å²) in [7, 11) is 0. The second-order valence-electron chi connectivity index (χ2n) is 4.63. The maximum atomic E-state index is 11.7. The summed E-state index contributed by atoms with van der Waals surface area (Å²) in [5.74, 6) is 0. The first-order valence-corrected chi connectivity index (χ1v) is 6.79. The lowest BCUT2D eigenvalue weighted by atomic mass is 10.2. The zero-order valence-corrected chi connectivity index (χ0v) is 11.9. The van der Waals surface area contributed by atoms with Gasteiger partial charge in [0.2, 0.25) is 0 Å². The molecule has 0 atom stereocenters. The van der Waals surface area contributed by atoms with Gasteiger partial charge in [-0.05, 0) is 31.0 Å². The van der Waals surface area contributed by atoms with Crippen LogP contribution in [0.3, 0.4) is 0 Å². The molecule has 110 valence electrons. The molecule has 0 aliphatic heterocycles. The maximum Gasteiger partial charge on any atom is 0.319 e. The number of urea groups is 1. The third-order valence-corrected chi connectivity index (χ3v) is 3.01. The minimum Gasteiger partial charge on any atom is -0.338 e. The van der Waals surface area contributed by atoms with Crippen molar-refractivity contribution in [2.75, 3.05) is 11.9 Å². The Morgan fingerprint density at radius 1 is 1.24 bits per heavy atom. The summed E-state index contributed by atoms with van der Waals surface area (Å²) in [4.78, 5) is 23.2. The normalized spacial score (nSPS) is 10.1. The monoisotopic (exact) mass is 286 g/mol. The zero-order chi connectivity index (χ0) is 15.1. The molecule has 0 saturated carbocycles. The molecule has 2 N–H and O–H groups in total. The lowest BCUT2D eigenvalue weighted by Crippen LogP contribution is -2.31. The molecule has 6 nitrogen and oxygen atoms in total. The Kier molecular flexibility index (Phi) is 5.09. The molecule has 2 aromatic rings. The van der Waals surface area contributed by atoms with Gasteiger partial charge in [-0.1, -0.05) is 18.2 Å². The fraction of sp³-hybridized carbons (Fsp3) is 0.267. The van der Waals surface area contributed by atoms with Crippen LogP contribution in [0.5, 0.6) is 0 Å². The number of hydrogen-bond donors (Lipinski definition) is 2. The highest BCUT2D eigenvalue weighted by Gasteiger charge is 2.03. The van der Waals surface area contributed by atoms with Crippen LogP contribution in [0.2, 0.25) is 0 Å². The largest absolute Gasteiger partial charge is 0.338 e. The van der Waals surface area contributed by atoms with Crippen molar-refractivity contribution in [3.63, 3.8) is 0 Å². The quantitative estimate of drug-likeness (QED) is 0.822. The summed E-state index contributed by atoms with van der Waals surface area (Å²) in [5, 5.41) is 9.49. The first kappa shape index (κ1) is 14.8. The molecule has 0 unspecified atom stereocenters. The number of carbonyl (C=O) groups is 1. The van der Waals surface area contributed by atoms with E-state index in [9.17, 15) is 9.59 Å². The van der Waals surface area contributed by atoms with Gasteiger partial charge in [0.1, 0.15) is 0 Å². The second-order valence-corrected chi connectivity index (χ2v) is 4.63. The van der Waals surface area contributed by atoms with Gasteiger partial charge in [-0.15, -0.1) is 0 Å². The maximum absolute atomic E-state index is 11.7. The molecule has 2 rings (SSSR count). The van der Waals surface area contributed by atoms with Gasteiger partial charge in [0.25, 0.3) is 5.56 Å². The average Bonchev–Trinajstić information content (AvgIpc) is 2.48. The molecule has 6 heteroatoms. The van der Waals surface area contributed by atoms with Gasteiger partial charge in [0, 0.05) is 31.0 Å². The number of carbonyl (C=O) groups excluding carboxylic acids is 1. The number of nitrogens with zero attached hydrogens (tertiary/aromatic N) is 2. The van der Waals surface area contributed by atoms with E-state index in [2.05, 4.69) is 15.7 Å². The third kappa shape index (κ3) is 4.45. The van der Waals surface area contributed by atoms with Gasteiger partial charge in [-0.3, -0.25) is 4.79 Å². The summed E-state index contributed by atoms with van der Waals surface area (Å²) in [6.07, 6.45) is 2.21. The van der Waals surface area contributed by atoms with E-state index in [0.29, 0.717) is 19.5 Å². The molecule has 0 fully saturated rings. The van der Waals surface area contributed by atoms with Gasteiger partial charge < -0.3 is 10.6 Å². The Balaban J connectivity index is 1.74. The van der Waals surface area contributed by atoms with Gasteiger partial charge >= 0.3 is 6.03 Å². The molecular formula is C15H18N4O2. The highest BCUT2D eigenvalue weighted by molar-refractivity contribution is 5.89. The van der Waals surface area contributed by atoms with E-state index in [1.165, 1.54) is 10.7 Å². The van der Waals surface area contributed by atoms with E-state index in [1.807, 2.05) is 31.2 Å². The lowest BCUT2D eigenvalue weighted by Gasteiger charge is -2.09. The number of aryl methyl sites for hydroxylation is 2. The van der Waals surface area contributed by atoms with Crippen molar-refractivity contribution < 1.29 is 4.79 Å².